The van der Waals surface area contributed by atoms with Crippen LogP contribution in [0.15, 0.2) is 102 Å². The molecule has 2 aromatic carbocycles. The summed E-state index contributed by atoms with van der Waals surface area (Å²) in [5, 5.41) is 17.5. The third kappa shape index (κ3) is 5.07. The molecular weight excluding hydrogens is 458 g/mol. The maximum absolute atomic E-state index is 13.4. The van der Waals surface area contributed by atoms with Gasteiger partial charge in [-0.2, -0.15) is 4.68 Å². The number of aromatic nitrogens is 5. The molecule has 0 radical (unpaired) electrons. The number of nitrogens with zero attached hydrogens (tertiary/aromatic N) is 5. The molecule has 2 amide bonds. The molecule has 0 fully saturated rings. The molecule has 2 N–H and O–H groups in total. The number of benzene rings is 2. The predicted octanol–water partition coefficient (Wildman–Crippen LogP) is 4.22. The van der Waals surface area contributed by atoms with E-state index in [2.05, 4.69) is 31.1 Å². The largest absolute Gasteiger partial charge is 0.465 e. The van der Waals surface area contributed by atoms with E-state index in [4.69, 9.17) is 4.42 Å². The molecule has 0 saturated carbocycles. The van der Waals surface area contributed by atoms with Crippen LogP contribution in [0.4, 0.5) is 11.4 Å². The summed E-state index contributed by atoms with van der Waals surface area (Å²) < 4.78 is 6.76. The zero-order valence-corrected chi connectivity index (χ0v) is 18.8. The van der Waals surface area contributed by atoms with Crippen molar-refractivity contribution in [2.75, 3.05) is 10.6 Å². The smallest absolute Gasteiger partial charge is 0.274 e. The number of hydrogen-bond acceptors (Lipinski definition) is 7. The van der Waals surface area contributed by atoms with Gasteiger partial charge in [0.05, 0.1) is 6.26 Å². The van der Waals surface area contributed by atoms with Gasteiger partial charge in [0.1, 0.15) is 11.5 Å². The molecule has 0 atom stereocenters. The number of pyridine rings is 1. The van der Waals surface area contributed by atoms with Crippen LogP contribution < -0.4 is 10.6 Å². The fraction of sp³-hybridized carbons (Fsp3) is 0. The molecule has 0 aliphatic heterocycles. The lowest BCUT2D eigenvalue weighted by atomic mass is 10.1. The van der Waals surface area contributed by atoms with Crippen LogP contribution >= 0.6 is 0 Å². The lowest BCUT2D eigenvalue weighted by Gasteiger charge is -2.11. The van der Waals surface area contributed by atoms with E-state index in [9.17, 15) is 9.59 Å². The number of tetrazole rings is 1. The highest BCUT2D eigenvalue weighted by molar-refractivity contribution is 6.24. The molecular formula is C26H19N7O3. The summed E-state index contributed by atoms with van der Waals surface area (Å²) >= 11 is 0. The summed E-state index contributed by atoms with van der Waals surface area (Å²) in [6.45, 7) is 0. The molecule has 36 heavy (non-hydrogen) atoms. The van der Waals surface area contributed by atoms with Crippen molar-refractivity contribution in [3.63, 3.8) is 0 Å². The molecule has 0 aliphatic carbocycles. The van der Waals surface area contributed by atoms with Crippen LogP contribution in [0.25, 0.3) is 23.2 Å². The van der Waals surface area contributed by atoms with Gasteiger partial charge < -0.3 is 15.1 Å². The Bertz CT molecular complexity index is 1510. The maximum atomic E-state index is 13.4. The molecule has 3 heterocycles. The van der Waals surface area contributed by atoms with Crippen molar-refractivity contribution >= 4 is 35.0 Å². The molecule has 176 valence electrons. The molecule has 0 saturated heterocycles. The van der Waals surface area contributed by atoms with Crippen molar-refractivity contribution < 1.29 is 14.0 Å². The Hall–Kier alpha value is -5.38. The van der Waals surface area contributed by atoms with Gasteiger partial charge in [-0.05, 0) is 52.9 Å². The van der Waals surface area contributed by atoms with Crippen LogP contribution in [-0.2, 0) is 4.79 Å². The quantitative estimate of drug-likeness (QED) is 0.336. The van der Waals surface area contributed by atoms with E-state index >= 15 is 0 Å². The molecule has 0 spiro atoms. The fourth-order valence-corrected chi connectivity index (χ4v) is 3.42. The zero-order chi connectivity index (χ0) is 24.7. The molecule has 10 nitrogen and oxygen atoms in total. The Morgan fingerprint density at radius 3 is 2.47 bits per heavy atom. The highest BCUT2D eigenvalue weighted by Crippen LogP contribution is 2.22. The molecule has 10 heteroatoms. The van der Waals surface area contributed by atoms with E-state index in [1.165, 1.54) is 17.0 Å². The van der Waals surface area contributed by atoms with Crippen LogP contribution in [0, 0.1) is 0 Å². The molecule has 5 rings (SSSR count). The van der Waals surface area contributed by atoms with Gasteiger partial charge in [0.2, 0.25) is 0 Å². The number of hydrogen-bond donors (Lipinski definition) is 2. The molecule has 0 aliphatic rings. The van der Waals surface area contributed by atoms with E-state index in [-0.39, 0.29) is 11.6 Å². The fourth-order valence-electron chi connectivity index (χ4n) is 3.42. The third-order valence-corrected chi connectivity index (χ3v) is 5.11. The Labute approximate surface area is 205 Å². The SMILES string of the molecule is O=C(Nc1cccc(C(=O)Nc2ccncc2)c1)/C(=C/c1ccco1)n1nnnc1-c1ccccc1. The van der Waals surface area contributed by atoms with Gasteiger partial charge in [-0.15, -0.1) is 5.10 Å². The molecule has 0 bridgehead atoms. The normalized spacial score (nSPS) is 11.2. The maximum Gasteiger partial charge on any atom is 0.274 e. The van der Waals surface area contributed by atoms with Gasteiger partial charge in [-0.3, -0.25) is 14.6 Å². The van der Waals surface area contributed by atoms with Crippen molar-refractivity contribution in [3.8, 4) is 11.4 Å². The Kier molecular flexibility index (Phi) is 6.39. The summed E-state index contributed by atoms with van der Waals surface area (Å²) in [6, 6.07) is 22.7. The monoisotopic (exact) mass is 477 g/mol. The van der Waals surface area contributed by atoms with E-state index in [1.54, 1.807) is 60.9 Å². The lowest BCUT2D eigenvalue weighted by Crippen LogP contribution is -2.20. The van der Waals surface area contributed by atoms with Gasteiger partial charge in [0.25, 0.3) is 11.8 Å². The number of anilines is 2. The van der Waals surface area contributed by atoms with E-state index in [0.717, 1.165) is 5.56 Å². The first-order valence-electron chi connectivity index (χ1n) is 10.9. The van der Waals surface area contributed by atoms with Crippen molar-refractivity contribution in [1.29, 1.82) is 0 Å². The van der Waals surface area contributed by atoms with E-state index in [1.807, 2.05) is 30.3 Å². The van der Waals surface area contributed by atoms with Gasteiger partial charge in [0.15, 0.2) is 5.82 Å². The second-order valence-corrected chi connectivity index (χ2v) is 7.55. The zero-order valence-electron chi connectivity index (χ0n) is 18.8. The highest BCUT2D eigenvalue weighted by Gasteiger charge is 2.20. The minimum Gasteiger partial charge on any atom is -0.465 e. The van der Waals surface area contributed by atoms with Crippen LogP contribution in [0.3, 0.4) is 0 Å². The standard InChI is InChI=1S/C26H19N7O3/c34-25(28-20-11-13-27-14-12-20)19-8-4-9-21(16-19)29-26(35)23(17-22-10-5-15-36-22)33-24(30-31-32-33)18-6-2-1-3-7-18/h1-17H,(H,29,35)(H,27,28,34)/b23-17-. The van der Waals surface area contributed by atoms with Gasteiger partial charge >= 0.3 is 0 Å². The second-order valence-electron chi connectivity index (χ2n) is 7.55. The van der Waals surface area contributed by atoms with Crippen molar-refractivity contribution in [1.82, 2.24) is 25.2 Å². The summed E-state index contributed by atoms with van der Waals surface area (Å²) in [7, 11) is 0. The first-order chi connectivity index (χ1) is 17.7. The van der Waals surface area contributed by atoms with Crippen LogP contribution in [0.5, 0.6) is 0 Å². The molecule has 5 aromatic rings. The van der Waals surface area contributed by atoms with Gasteiger partial charge in [0, 0.05) is 41.0 Å². The number of carbonyl (C=O) groups excluding carboxylic acids is 2. The predicted molar refractivity (Wildman–Crippen MR) is 133 cm³/mol. The third-order valence-electron chi connectivity index (χ3n) is 5.11. The average Bonchev–Trinajstić information content (AvgIpc) is 3.61. The first-order valence-corrected chi connectivity index (χ1v) is 10.9. The summed E-state index contributed by atoms with van der Waals surface area (Å²) in [6.07, 6.45) is 6.21. The Morgan fingerprint density at radius 1 is 0.861 bits per heavy atom. The Morgan fingerprint density at radius 2 is 1.69 bits per heavy atom. The molecule has 0 unspecified atom stereocenters. The van der Waals surface area contributed by atoms with Crippen LogP contribution in [0.2, 0.25) is 0 Å². The number of carbonyl (C=O) groups is 2. The Balaban J connectivity index is 1.43. The number of amides is 2. The van der Waals surface area contributed by atoms with Crippen molar-refractivity contribution in [2.45, 2.75) is 0 Å². The lowest BCUT2D eigenvalue weighted by molar-refractivity contribution is -0.111. The van der Waals surface area contributed by atoms with Gasteiger partial charge in [-0.25, -0.2) is 0 Å². The van der Waals surface area contributed by atoms with Crippen molar-refractivity contribution in [2.24, 2.45) is 0 Å². The molecule has 3 aromatic heterocycles. The average molecular weight is 477 g/mol. The van der Waals surface area contributed by atoms with Crippen LogP contribution in [0.1, 0.15) is 16.1 Å². The highest BCUT2D eigenvalue weighted by atomic mass is 16.3. The number of rotatable bonds is 7. The first kappa shape index (κ1) is 22.4. The summed E-state index contributed by atoms with van der Waals surface area (Å²) in [4.78, 5) is 30.1. The van der Waals surface area contributed by atoms with Gasteiger partial charge in [-0.1, -0.05) is 36.4 Å². The minimum atomic E-state index is -0.498. The van der Waals surface area contributed by atoms with Crippen LogP contribution in [-0.4, -0.2) is 37.0 Å². The topological polar surface area (TPSA) is 128 Å². The van der Waals surface area contributed by atoms with E-state index < -0.39 is 5.91 Å². The number of furan rings is 1. The number of nitrogens with one attached hydrogen (secondary N) is 2. The van der Waals surface area contributed by atoms with E-state index in [0.29, 0.717) is 28.5 Å². The summed E-state index contributed by atoms with van der Waals surface area (Å²) in [5.41, 5.74) is 2.26. The summed E-state index contributed by atoms with van der Waals surface area (Å²) in [5.74, 6) is 0.00670. The minimum absolute atomic E-state index is 0.125. The second kappa shape index (κ2) is 10.3. The van der Waals surface area contributed by atoms with Crippen molar-refractivity contribution in [3.05, 3.63) is 109 Å².